The Morgan fingerprint density at radius 2 is 1.66 bits per heavy atom. The van der Waals surface area contributed by atoms with Crippen LogP contribution in [-0.4, -0.2) is 24.5 Å². The highest BCUT2D eigenvalue weighted by molar-refractivity contribution is 6.04. The lowest BCUT2D eigenvalue weighted by Crippen LogP contribution is -2.33. The second-order valence-corrected chi connectivity index (χ2v) is 6.81. The zero-order chi connectivity index (χ0) is 20.6. The number of amides is 2. The first-order valence-corrected chi connectivity index (χ1v) is 9.96. The molecule has 150 valence electrons. The summed E-state index contributed by atoms with van der Waals surface area (Å²) in [6, 6.07) is 20.8. The number of fused-ring (bicyclic) bond motifs is 1. The van der Waals surface area contributed by atoms with Gasteiger partial charge in [0.2, 0.25) is 0 Å². The molecule has 0 spiro atoms. The van der Waals surface area contributed by atoms with E-state index in [-0.39, 0.29) is 11.8 Å². The molecule has 0 aromatic heterocycles. The highest BCUT2D eigenvalue weighted by atomic mass is 16.5. The van der Waals surface area contributed by atoms with Crippen molar-refractivity contribution in [2.75, 3.05) is 11.9 Å². The molecule has 2 amide bonds. The largest absolute Gasteiger partial charge is 0.481 e. The van der Waals surface area contributed by atoms with Crippen molar-refractivity contribution >= 4 is 28.3 Å². The third-order valence-corrected chi connectivity index (χ3v) is 4.63. The van der Waals surface area contributed by atoms with Gasteiger partial charge in [-0.05, 0) is 47.9 Å². The molecule has 0 saturated heterocycles. The van der Waals surface area contributed by atoms with Gasteiger partial charge in [0.25, 0.3) is 11.8 Å². The maximum absolute atomic E-state index is 12.8. The van der Waals surface area contributed by atoms with Crippen molar-refractivity contribution in [3.05, 3.63) is 72.3 Å². The number of carbonyl (C=O) groups excluding carboxylic acids is 2. The summed E-state index contributed by atoms with van der Waals surface area (Å²) in [5.41, 5.74) is 0.918. The molecule has 0 radical (unpaired) electrons. The van der Waals surface area contributed by atoms with Crippen LogP contribution in [0.25, 0.3) is 10.8 Å². The minimum Gasteiger partial charge on any atom is -0.481 e. The van der Waals surface area contributed by atoms with Crippen LogP contribution in [0, 0.1) is 0 Å². The van der Waals surface area contributed by atoms with Gasteiger partial charge in [0, 0.05) is 6.54 Å². The summed E-state index contributed by atoms with van der Waals surface area (Å²) < 4.78 is 5.96. The molecule has 0 unspecified atom stereocenters. The smallest absolute Gasteiger partial charge is 0.265 e. The quantitative estimate of drug-likeness (QED) is 0.582. The van der Waals surface area contributed by atoms with Crippen LogP contribution < -0.4 is 15.4 Å². The summed E-state index contributed by atoms with van der Waals surface area (Å²) in [7, 11) is 0. The topological polar surface area (TPSA) is 67.4 Å². The van der Waals surface area contributed by atoms with E-state index in [1.165, 1.54) is 0 Å². The van der Waals surface area contributed by atoms with E-state index in [0.717, 1.165) is 17.2 Å². The van der Waals surface area contributed by atoms with E-state index in [2.05, 4.69) is 10.6 Å². The number of carbonyl (C=O) groups is 2. The first kappa shape index (κ1) is 20.4. The summed E-state index contributed by atoms with van der Waals surface area (Å²) in [5, 5.41) is 7.86. The number of rotatable bonds is 8. The summed E-state index contributed by atoms with van der Waals surface area (Å²) in [6.45, 7) is 4.47. The molecule has 5 heteroatoms. The van der Waals surface area contributed by atoms with Gasteiger partial charge in [-0.2, -0.15) is 0 Å². The molecular formula is C24H26N2O3. The van der Waals surface area contributed by atoms with Gasteiger partial charge in [0.1, 0.15) is 5.75 Å². The fourth-order valence-electron chi connectivity index (χ4n) is 3.06. The molecule has 0 aliphatic carbocycles. The van der Waals surface area contributed by atoms with Crippen LogP contribution >= 0.6 is 0 Å². The predicted molar refractivity (Wildman–Crippen MR) is 116 cm³/mol. The van der Waals surface area contributed by atoms with Crippen LogP contribution in [0.5, 0.6) is 5.75 Å². The van der Waals surface area contributed by atoms with Crippen molar-refractivity contribution < 1.29 is 14.3 Å². The minimum atomic E-state index is -0.664. The van der Waals surface area contributed by atoms with Gasteiger partial charge in [-0.15, -0.1) is 0 Å². The molecule has 0 heterocycles. The summed E-state index contributed by atoms with van der Waals surface area (Å²) >= 11 is 0. The molecule has 1 atom stereocenters. The molecule has 0 aliphatic heterocycles. The molecule has 0 aliphatic rings. The Labute approximate surface area is 171 Å². The van der Waals surface area contributed by atoms with E-state index in [1.54, 1.807) is 24.3 Å². The molecule has 3 aromatic carbocycles. The monoisotopic (exact) mass is 390 g/mol. The summed E-state index contributed by atoms with van der Waals surface area (Å²) in [4.78, 5) is 25.2. The Morgan fingerprint density at radius 3 is 2.41 bits per heavy atom. The lowest BCUT2D eigenvalue weighted by atomic mass is 10.1. The molecule has 0 fully saturated rings. The number of benzene rings is 3. The summed E-state index contributed by atoms with van der Waals surface area (Å²) in [5.74, 6) is 0.155. The lowest BCUT2D eigenvalue weighted by Gasteiger charge is -2.19. The van der Waals surface area contributed by atoms with E-state index in [4.69, 9.17) is 4.74 Å². The lowest BCUT2D eigenvalue weighted by molar-refractivity contribution is -0.122. The van der Waals surface area contributed by atoms with E-state index in [9.17, 15) is 9.59 Å². The zero-order valence-electron chi connectivity index (χ0n) is 16.8. The first-order chi connectivity index (χ1) is 14.1. The highest BCUT2D eigenvalue weighted by Crippen LogP contribution is 2.23. The van der Waals surface area contributed by atoms with Crippen LogP contribution in [-0.2, 0) is 4.79 Å². The molecule has 3 rings (SSSR count). The molecule has 0 saturated carbocycles. The van der Waals surface area contributed by atoms with Gasteiger partial charge < -0.3 is 15.4 Å². The number of anilines is 1. The third-order valence-electron chi connectivity index (χ3n) is 4.63. The Bertz CT molecular complexity index is 1000. The van der Waals surface area contributed by atoms with Gasteiger partial charge in [-0.25, -0.2) is 0 Å². The minimum absolute atomic E-state index is 0.203. The van der Waals surface area contributed by atoms with E-state index in [0.29, 0.717) is 30.0 Å². The average molecular weight is 390 g/mol. The Hall–Kier alpha value is -3.34. The molecule has 3 aromatic rings. The SMILES string of the molecule is CCCNC(=O)c1ccccc1NC(=O)[C@H](CC)Oc1ccc2ccccc2c1. The van der Waals surface area contributed by atoms with Gasteiger partial charge >= 0.3 is 0 Å². The fraction of sp³-hybridized carbons (Fsp3) is 0.250. The molecule has 0 bridgehead atoms. The summed E-state index contributed by atoms with van der Waals surface area (Å²) in [6.07, 6.45) is 0.684. The number of ether oxygens (including phenoxy) is 1. The van der Waals surface area contributed by atoms with Gasteiger partial charge in [0.15, 0.2) is 6.10 Å². The van der Waals surface area contributed by atoms with Crippen LogP contribution in [0.4, 0.5) is 5.69 Å². The second kappa shape index (κ2) is 9.73. The maximum Gasteiger partial charge on any atom is 0.265 e. The van der Waals surface area contributed by atoms with Crippen molar-refractivity contribution in [3.63, 3.8) is 0 Å². The van der Waals surface area contributed by atoms with Gasteiger partial charge in [0.05, 0.1) is 11.3 Å². The Kier molecular flexibility index (Phi) is 6.85. The van der Waals surface area contributed by atoms with Crippen LogP contribution in [0.3, 0.4) is 0 Å². The van der Waals surface area contributed by atoms with Crippen molar-refractivity contribution in [2.24, 2.45) is 0 Å². The van der Waals surface area contributed by atoms with Crippen LogP contribution in [0.2, 0.25) is 0 Å². The average Bonchev–Trinajstić information content (AvgIpc) is 2.76. The van der Waals surface area contributed by atoms with Gasteiger partial charge in [-0.3, -0.25) is 9.59 Å². The van der Waals surface area contributed by atoms with Crippen molar-refractivity contribution in [3.8, 4) is 5.75 Å². The van der Waals surface area contributed by atoms with Gasteiger partial charge in [-0.1, -0.05) is 56.3 Å². The zero-order valence-corrected chi connectivity index (χ0v) is 16.8. The molecular weight excluding hydrogens is 364 g/mol. The fourth-order valence-corrected chi connectivity index (χ4v) is 3.06. The highest BCUT2D eigenvalue weighted by Gasteiger charge is 2.21. The standard InChI is InChI=1S/C24H26N2O3/c1-3-15-25-23(27)20-11-7-8-12-21(20)26-24(28)22(4-2)29-19-14-13-17-9-5-6-10-18(17)16-19/h5-14,16,22H,3-4,15H2,1-2H3,(H,25,27)(H,26,28)/t22-/m0/s1. The molecule has 29 heavy (non-hydrogen) atoms. The van der Waals surface area contributed by atoms with Crippen molar-refractivity contribution in [2.45, 2.75) is 32.8 Å². The van der Waals surface area contributed by atoms with Crippen LogP contribution in [0.15, 0.2) is 66.7 Å². The Balaban J connectivity index is 1.74. The normalized spacial score (nSPS) is 11.7. The van der Waals surface area contributed by atoms with E-state index >= 15 is 0 Å². The van der Waals surface area contributed by atoms with Crippen molar-refractivity contribution in [1.82, 2.24) is 5.32 Å². The predicted octanol–water partition coefficient (Wildman–Crippen LogP) is 4.78. The second-order valence-electron chi connectivity index (χ2n) is 6.81. The first-order valence-electron chi connectivity index (χ1n) is 9.96. The molecule has 5 nitrogen and oxygen atoms in total. The number of hydrogen-bond donors (Lipinski definition) is 2. The number of hydrogen-bond acceptors (Lipinski definition) is 3. The number of nitrogens with one attached hydrogen (secondary N) is 2. The maximum atomic E-state index is 12.8. The van der Waals surface area contributed by atoms with E-state index < -0.39 is 6.10 Å². The Morgan fingerprint density at radius 1 is 0.931 bits per heavy atom. The molecule has 2 N–H and O–H groups in total. The third kappa shape index (κ3) is 5.13. The van der Waals surface area contributed by atoms with E-state index in [1.807, 2.05) is 56.3 Å². The number of para-hydroxylation sites is 1. The van der Waals surface area contributed by atoms with Crippen LogP contribution in [0.1, 0.15) is 37.0 Å². The van der Waals surface area contributed by atoms with Crippen molar-refractivity contribution in [1.29, 1.82) is 0 Å².